The minimum atomic E-state index is -0.232. The highest BCUT2D eigenvalue weighted by atomic mass is 32.2. The van der Waals surface area contributed by atoms with Crippen molar-refractivity contribution in [3.8, 4) is 5.75 Å². The molecule has 0 unspecified atom stereocenters. The number of thioether (sulfide) groups is 1. The van der Waals surface area contributed by atoms with E-state index in [1.807, 2.05) is 30.3 Å². The van der Waals surface area contributed by atoms with E-state index in [0.717, 1.165) is 53.9 Å². The van der Waals surface area contributed by atoms with E-state index in [4.69, 9.17) is 4.74 Å². The third kappa shape index (κ3) is 5.57. The number of para-hydroxylation sites is 1. The average molecular weight is 488 g/mol. The van der Waals surface area contributed by atoms with Crippen molar-refractivity contribution in [3.63, 3.8) is 0 Å². The molecule has 1 saturated heterocycles. The number of ether oxygens (including phenoxy) is 1. The second-order valence-corrected chi connectivity index (χ2v) is 9.58. The SMILES string of the molecule is Cc1ccc(COc2ccccc2/C=C2\SC(N3CCN(c4ccc(F)cc4)CC3)=NC2=O)cc1. The number of benzene rings is 3. The topological polar surface area (TPSA) is 45.1 Å². The molecule has 7 heteroatoms. The summed E-state index contributed by atoms with van der Waals surface area (Å²) in [4.78, 5) is 22.0. The number of nitrogens with zero attached hydrogens (tertiary/aromatic N) is 3. The largest absolute Gasteiger partial charge is 0.488 e. The summed E-state index contributed by atoms with van der Waals surface area (Å²) in [5.41, 5.74) is 4.16. The first kappa shape index (κ1) is 23.2. The van der Waals surface area contributed by atoms with Gasteiger partial charge in [-0.05, 0) is 60.7 Å². The molecule has 178 valence electrons. The van der Waals surface area contributed by atoms with Crippen LogP contribution in [0.2, 0.25) is 0 Å². The monoisotopic (exact) mass is 487 g/mol. The molecule has 0 aliphatic carbocycles. The molecular weight excluding hydrogens is 461 g/mol. The smallest absolute Gasteiger partial charge is 0.286 e. The van der Waals surface area contributed by atoms with Crippen LogP contribution in [-0.2, 0) is 11.4 Å². The molecule has 1 amide bonds. The molecule has 2 aliphatic rings. The fourth-order valence-corrected chi connectivity index (χ4v) is 5.01. The van der Waals surface area contributed by atoms with E-state index in [0.29, 0.717) is 11.5 Å². The molecule has 0 radical (unpaired) electrons. The molecule has 3 aromatic carbocycles. The molecule has 0 spiro atoms. The first-order chi connectivity index (χ1) is 17.0. The van der Waals surface area contributed by atoms with Gasteiger partial charge in [-0.2, -0.15) is 4.99 Å². The van der Waals surface area contributed by atoms with E-state index in [1.54, 1.807) is 12.1 Å². The van der Waals surface area contributed by atoms with E-state index >= 15 is 0 Å². The molecule has 0 aromatic heterocycles. The normalized spacial score (nSPS) is 17.1. The standard InChI is InChI=1S/C28H26FN3O2S/c1-20-6-8-21(9-7-20)19-34-25-5-3-2-4-22(25)18-26-27(33)30-28(35-26)32-16-14-31(15-17-32)24-12-10-23(29)11-13-24/h2-13,18H,14-17,19H2,1H3/b26-18-. The van der Waals surface area contributed by atoms with Crippen LogP contribution in [0.25, 0.3) is 6.08 Å². The molecule has 5 nitrogen and oxygen atoms in total. The number of piperazine rings is 1. The summed E-state index contributed by atoms with van der Waals surface area (Å²) in [6.07, 6.45) is 1.86. The van der Waals surface area contributed by atoms with Gasteiger partial charge in [0.05, 0.1) is 4.91 Å². The Balaban J connectivity index is 1.22. The molecule has 2 aliphatic heterocycles. The van der Waals surface area contributed by atoms with Crippen molar-refractivity contribution in [2.24, 2.45) is 4.99 Å². The molecule has 3 aromatic rings. The molecule has 2 heterocycles. The maximum atomic E-state index is 13.2. The number of amides is 1. The number of aryl methyl sites for hydroxylation is 1. The van der Waals surface area contributed by atoms with E-state index in [2.05, 4.69) is 46.0 Å². The zero-order chi connectivity index (χ0) is 24.2. The number of carbonyl (C=O) groups excluding carboxylic acids is 1. The predicted octanol–water partition coefficient (Wildman–Crippen LogP) is 5.51. The van der Waals surface area contributed by atoms with Gasteiger partial charge in [-0.1, -0.05) is 48.0 Å². The third-order valence-electron chi connectivity index (χ3n) is 6.07. The summed E-state index contributed by atoms with van der Waals surface area (Å²) in [5.74, 6) is 0.277. The summed E-state index contributed by atoms with van der Waals surface area (Å²) in [5, 5.41) is 0.734. The number of aliphatic imine (C=N–C) groups is 1. The van der Waals surface area contributed by atoms with Crippen LogP contribution in [0.4, 0.5) is 10.1 Å². The first-order valence-electron chi connectivity index (χ1n) is 11.6. The molecule has 0 saturated carbocycles. The highest BCUT2D eigenvalue weighted by Crippen LogP contribution is 2.33. The van der Waals surface area contributed by atoms with Gasteiger partial charge in [0.25, 0.3) is 5.91 Å². The first-order valence-corrected chi connectivity index (χ1v) is 12.4. The van der Waals surface area contributed by atoms with Crippen LogP contribution in [0.5, 0.6) is 5.75 Å². The van der Waals surface area contributed by atoms with Crippen molar-refractivity contribution in [2.45, 2.75) is 13.5 Å². The molecular formula is C28H26FN3O2S. The Labute approximate surface area is 208 Å². The number of carbonyl (C=O) groups is 1. The predicted molar refractivity (Wildman–Crippen MR) is 140 cm³/mol. The number of rotatable bonds is 5. The van der Waals surface area contributed by atoms with Gasteiger partial charge in [0.15, 0.2) is 5.17 Å². The Hall–Kier alpha value is -3.58. The number of anilines is 1. The van der Waals surface area contributed by atoms with Crippen LogP contribution in [0.1, 0.15) is 16.7 Å². The molecule has 0 N–H and O–H groups in total. The van der Waals surface area contributed by atoms with E-state index in [1.165, 1.54) is 29.5 Å². The highest BCUT2D eigenvalue weighted by Gasteiger charge is 2.28. The Morgan fingerprint density at radius 3 is 2.37 bits per heavy atom. The maximum absolute atomic E-state index is 13.2. The second kappa shape index (κ2) is 10.4. The minimum Gasteiger partial charge on any atom is -0.488 e. The molecule has 5 rings (SSSR count). The van der Waals surface area contributed by atoms with Crippen LogP contribution >= 0.6 is 11.8 Å². The van der Waals surface area contributed by atoms with Gasteiger partial charge in [-0.25, -0.2) is 4.39 Å². The van der Waals surface area contributed by atoms with Gasteiger partial charge >= 0.3 is 0 Å². The Morgan fingerprint density at radius 2 is 1.63 bits per heavy atom. The van der Waals surface area contributed by atoms with Crippen molar-refractivity contribution in [1.82, 2.24) is 4.90 Å². The van der Waals surface area contributed by atoms with Crippen LogP contribution in [0.3, 0.4) is 0 Å². The van der Waals surface area contributed by atoms with Gasteiger partial charge in [0, 0.05) is 37.4 Å². The minimum absolute atomic E-state index is 0.223. The number of hydrogen-bond donors (Lipinski definition) is 0. The van der Waals surface area contributed by atoms with Crippen molar-refractivity contribution < 1.29 is 13.9 Å². The Kier molecular flexibility index (Phi) is 6.86. The lowest BCUT2D eigenvalue weighted by molar-refractivity contribution is -0.113. The van der Waals surface area contributed by atoms with Crippen LogP contribution in [0, 0.1) is 12.7 Å². The summed E-state index contributed by atoms with van der Waals surface area (Å²) >= 11 is 1.41. The molecule has 0 bridgehead atoms. The summed E-state index contributed by atoms with van der Waals surface area (Å²) in [7, 11) is 0. The average Bonchev–Trinajstić information content (AvgIpc) is 3.25. The van der Waals surface area contributed by atoms with Crippen molar-refractivity contribution in [2.75, 3.05) is 31.1 Å². The van der Waals surface area contributed by atoms with Crippen LogP contribution < -0.4 is 9.64 Å². The van der Waals surface area contributed by atoms with Crippen LogP contribution in [-0.4, -0.2) is 42.2 Å². The summed E-state index contributed by atoms with van der Waals surface area (Å²) in [6.45, 7) is 5.59. The van der Waals surface area contributed by atoms with E-state index < -0.39 is 0 Å². The van der Waals surface area contributed by atoms with Gasteiger partial charge in [0.1, 0.15) is 18.2 Å². The zero-order valence-electron chi connectivity index (χ0n) is 19.5. The third-order valence-corrected chi connectivity index (χ3v) is 7.12. The number of halogens is 1. The van der Waals surface area contributed by atoms with E-state index in [9.17, 15) is 9.18 Å². The van der Waals surface area contributed by atoms with Gasteiger partial charge in [0.2, 0.25) is 0 Å². The lowest BCUT2D eigenvalue weighted by Crippen LogP contribution is -2.47. The fourth-order valence-electron chi connectivity index (χ4n) is 4.06. The summed E-state index contributed by atoms with van der Waals surface area (Å²) in [6, 6.07) is 22.6. The molecule has 35 heavy (non-hydrogen) atoms. The second-order valence-electron chi connectivity index (χ2n) is 8.57. The zero-order valence-corrected chi connectivity index (χ0v) is 20.3. The van der Waals surface area contributed by atoms with Gasteiger partial charge in [-0.15, -0.1) is 0 Å². The number of amidine groups is 1. The van der Waals surface area contributed by atoms with Gasteiger partial charge < -0.3 is 14.5 Å². The number of hydrogen-bond acceptors (Lipinski definition) is 5. The van der Waals surface area contributed by atoms with Crippen molar-refractivity contribution in [3.05, 3.63) is 100 Å². The fraction of sp³-hybridized carbons (Fsp3) is 0.214. The van der Waals surface area contributed by atoms with Gasteiger partial charge in [-0.3, -0.25) is 4.79 Å². The van der Waals surface area contributed by atoms with Crippen LogP contribution in [0.15, 0.2) is 82.7 Å². The maximum Gasteiger partial charge on any atom is 0.286 e. The quantitative estimate of drug-likeness (QED) is 0.445. The Bertz CT molecular complexity index is 1260. The lowest BCUT2D eigenvalue weighted by Gasteiger charge is -2.36. The van der Waals surface area contributed by atoms with E-state index in [-0.39, 0.29) is 11.7 Å². The molecule has 1 fully saturated rings. The summed E-state index contributed by atoms with van der Waals surface area (Å²) < 4.78 is 19.3. The highest BCUT2D eigenvalue weighted by molar-refractivity contribution is 8.18. The Morgan fingerprint density at radius 1 is 0.943 bits per heavy atom. The molecule has 0 atom stereocenters. The lowest BCUT2D eigenvalue weighted by atomic mass is 10.1. The van der Waals surface area contributed by atoms with Crippen molar-refractivity contribution in [1.29, 1.82) is 0 Å². The van der Waals surface area contributed by atoms with Crippen molar-refractivity contribution >= 4 is 34.6 Å².